The van der Waals surface area contributed by atoms with Gasteiger partial charge in [0.25, 0.3) is 0 Å². The lowest BCUT2D eigenvalue weighted by atomic mass is 9.47. The van der Waals surface area contributed by atoms with Crippen molar-refractivity contribution >= 4 is 5.97 Å². The molecule has 2 fully saturated rings. The second-order valence-electron chi connectivity index (χ2n) is 14.1. The number of hydrogen-bond donors (Lipinski definition) is 4. The lowest BCUT2D eigenvalue weighted by Crippen LogP contribution is -2.55. The van der Waals surface area contributed by atoms with Crippen molar-refractivity contribution in [2.75, 3.05) is 0 Å². The van der Waals surface area contributed by atoms with E-state index in [1.165, 1.54) is 11.1 Å². The molecule has 0 amide bonds. The zero-order valence-corrected chi connectivity index (χ0v) is 22.9. The predicted molar refractivity (Wildman–Crippen MR) is 138 cm³/mol. The molecule has 35 heavy (non-hydrogen) atoms. The van der Waals surface area contributed by atoms with E-state index >= 15 is 0 Å². The maximum Gasteiger partial charge on any atom is 0.310 e. The molecule has 0 spiro atoms. The maximum atomic E-state index is 13.3. The second kappa shape index (κ2) is 9.13. The summed E-state index contributed by atoms with van der Waals surface area (Å²) in [6, 6.07) is 0. The fourth-order valence-corrected chi connectivity index (χ4v) is 9.37. The monoisotopic (exact) mass is 490 g/mol. The molecule has 4 rings (SSSR count). The fraction of sp³-hybridized carbons (Fsp3) is 0.900. The standard InChI is InChI=1S/C30H50O5/c1-18(7-11-25(32)28(4,5)35)21-14-16-30(26(33)34)23-10-9-22-19(8-12-24(31)27(22,2)3)17-20(23)13-15-29(21,30)6/h18,20-21,23-25,31-32,35H,7-17H2,1-6H3,(H,33,34). The third-order valence-electron chi connectivity index (χ3n) is 11.7. The average Bonchev–Trinajstić information content (AvgIpc) is 2.95. The lowest BCUT2D eigenvalue weighted by molar-refractivity contribution is -0.175. The molecule has 8 unspecified atom stereocenters. The topological polar surface area (TPSA) is 98.0 Å². The first-order chi connectivity index (χ1) is 16.2. The predicted octanol–water partition coefficient (Wildman–Crippen LogP) is 5.71. The van der Waals surface area contributed by atoms with Crippen LogP contribution >= 0.6 is 0 Å². The highest BCUT2D eigenvalue weighted by Gasteiger charge is 2.68. The SMILES string of the molecule is CC(CCC(O)C(C)(C)O)C1CCC2(C(=O)O)C3CCC4=C(CCC(O)C4(C)C)CC3CCC12C. The third-order valence-corrected chi connectivity index (χ3v) is 11.7. The van der Waals surface area contributed by atoms with Crippen LogP contribution in [0.3, 0.4) is 0 Å². The van der Waals surface area contributed by atoms with Crippen LogP contribution in [0.4, 0.5) is 0 Å². The largest absolute Gasteiger partial charge is 0.481 e. The van der Waals surface area contributed by atoms with Crippen LogP contribution in [0.5, 0.6) is 0 Å². The first kappa shape index (κ1) is 27.1. The summed E-state index contributed by atoms with van der Waals surface area (Å²) in [7, 11) is 0. The molecule has 0 heterocycles. The molecule has 0 aromatic heterocycles. The van der Waals surface area contributed by atoms with Crippen LogP contribution in [0.15, 0.2) is 11.1 Å². The Hall–Kier alpha value is -0.910. The molecule has 0 saturated heterocycles. The van der Waals surface area contributed by atoms with Crippen LogP contribution < -0.4 is 0 Å². The highest BCUT2D eigenvalue weighted by Crippen LogP contribution is 2.70. The maximum absolute atomic E-state index is 13.3. The minimum absolute atomic E-state index is 0.177. The molecule has 5 heteroatoms. The molecule has 200 valence electrons. The Labute approximate surface area is 212 Å². The normalized spacial score (nSPS) is 40.8. The molecule has 5 nitrogen and oxygen atoms in total. The quantitative estimate of drug-likeness (QED) is 0.358. The summed E-state index contributed by atoms with van der Waals surface area (Å²) >= 11 is 0. The lowest BCUT2D eigenvalue weighted by Gasteiger charge is -2.56. The summed E-state index contributed by atoms with van der Waals surface area (Å²) in [5.41, 5.74) is 0.655. The Kier molecular flexibility index (Phi) is 7.08. The summed E-state index contributed by atoms with van der Waals surface area (Å²) in [6.45, 7) is 12.1. The van der Waals surface area contributed by atoms with Crippen molar-refractivity contribution in [2.24, 2.45) is 39.9 Å². The van der Waals surface area contributed by atoms with Gasteiger partial charge < -0.3 is 20.4 Å². The summed E-state index contributed by atoms with van der Waals surface area (Å²) in [5.74, 6) is 0.624. The zero-order valence-electron chi connectivity index (χ0n) is 22.9. The van der Waals surface area contributed by atoms with Gasteiger partial charge in [-0.25, -0.2) is 0 Å². The van der Waals surface area contributed by atoms with E-state index in [9.17, 15) is 25.2 Å². The Morgan fingerprint density at radius 3 is 2.37 bits per heavy atom. The molecule has 8 atom stereocenters. The Bertz CT molecular complexity index is 853. The number of aliphatic hydroxyl groups excluding tert-OH is 2. The Morgan fingerprint density at radius 2 is 1.74 bits per heavy atom. The van der Waals surface area contributed by atoms with Crippen LogP contribution in [0.2, 0.25) is 0 Å². The van der Waals surface area contributed by atoms with E-state index in [1.54, 1.807) is 13.8 Å². The van der Waals surface area contributed by atoms with Gasteiger partial charge in [-0.15, -0.1) is 0 Å². The van der Waals surface area contributed by atoms with Crippen molar-refractivity contribution in [1.29, 1.82) is 0 Å². The second-order valence-corrected chi connectivity index (χ2v) is 14.1. The van der Waals surface area contributed by atoms with Gasteiger partial charge in [-0.2, -0.15) is 0 Å². The number of aliphatic carboxylic acids is 1. The van der Waals surface area contributed by atoms with Crippen molar-refractivity contribution in [3.63, 3.8) is 0 Å². The van der Waals surface area contributed by atoms with Gasteiger partial charge in [0.15, 0.2) is 0 Å². The highest BCUT2D eigenvalue weighted by atomic mass is 16.4. The number of carboxylic acids is 1. The number of carboxylic acid groups (broad SMARTS) is 1. The Morgan fingerprint density at radius 1 is 1.06 bits per heavy atom. The highest BCUT2D eigenvalue weighted by molar-refractivity contribution is 5.77. The van der Waals surface area contributed by atoms with Gasteiger partial charge in [0.1, 0.15) is 0 Å². The first-order valence-corrected chi connectivity index (χ1v) is 14.2. The van der Waals surface area contributed by atoms with Gasteiger partial charge in [0, 0.05) is 5.41 Å². The number of rotatable bonds is 6. The molecule has 4 N–H and O–H groups in total. The molecular formula is C30H50O5. The van der Waals surface area contributed by atoms with E-state index in [1.807, 2.05) is 0 Å². The molecular weight excluding hydrogens is 440 g/mol. The van der Waals surface area contributed by atoms with Crippen LogP contribution in [0.1, 0.15) is 112 Å². The smallest absolute Gasteiger partial charge is 0.310 e. The number of carbonyl (C=O) groups is 1. The summed E-state index contributed by atoms with van der Waals surface area (Å²) in [6.07, 6.45) is 8.63. The van der Waals surface area contributed by atoms with Crippen molar-refractivity contribution in [3.05, 3.63) is 11.1 Å². The van der Waals surface area contributed by atoms with Crippen LogP contribution in [-0.4, -0.2) is 44.2 Å². The number of hydrogen-bond acceptors (Lipinski definition) is 4. The summed E-state index contributed by atoms with van der Waals surface area (Å²) in [5, 5.41) is 42.2. The number of aliphatic hydroxyl groups is 3. The summed E-state index contributed by atoms with van der Waals surface area (Å²) < 4.78 is 0. The van der Waals surface area contributed by atoms with E-state index in [-0.39, 0.29) is 22.9 Å². The average molecular weight is 491 g/mol. The fourth-order valence-electron chi connectivity index (χ4n) is 9.37. The molecule has 0 aromatic rings. The van der Waals surface area contributed by atoms with Gasteiger partial charge in [0.2, 0.25) is 0 Å². The molecule has 0 aromatic carbocycles. The molecule has 4 aliphatic rings. The van der Waals surface area contributed by atoms with E-state index in [2.05, 4.69) is 27.7 Å². The Balaban J connectivity index is 1.60. The van der Waals surface area contributed by atoms with Gasteiger partial charge in [-0.1, -0.05) is 38.8 Å². The number of fused-ring (bicyclic) bond motifs is 3. The summed E-state index contributed by atoms with van der Waals surface area (Å²) in [4.78, 5) is 13.3. The van der Waals surface area contributed by atoms with E-state index in [0.717, 1.165) is 64.2 Å². The van der Waals surface area contributed by atoms with Crippen molar-refractivity contribution in [3.8, 4) is 0 Å². The van der Waals surface area contributed by atoms with Crippen molar-refractivity contribution in [1.82, 2.24) is 0 Å². The molecule has 2 saturated carbocycles. The molecule has 0 bridgehead atoms. The third kappa shape index (κ3) is 4.22. The van der Waals surface area contributed by atoms with Crippen LogP contribution in [0.25, 0.3) is 0 Å². The van der Waals surface area contributed by atoms with Gasteiger partial charge in [-0.05, 0) is 114 Å². The number of allylic oxidation sites excluding steroid dienone is 1. The van der Waals surface area contributed by atoms with Gasteiger partial charge >= 0.3 is 5.97 Å². The van der Waals surface area contributed by atoms with Crippen LogP contribution in [0, 0.1) is 39.9 Å². The van der Waals surface area contributed by atoms with Crippen LogP contribution in [-0.2, 0) is 4.79 Å². The molecule has 0 radical (unpaired) electrons. The van der Waals surface area contributed by atoms with Gasteiger partial charge in [0.05, 0.1) is 23.2 Å². The van der Waals surface area contributed by atoms with E-state index in [0.29, 0.717) is 24.2 Å². The first-order valence-electron chi connectivity index (χ1n) is 14.2. The molecule has 4 aliphatic carbocycles. The van der Waals surface area contributed by atoms with E-state index < -0.39 is 23.1 Å². The molecule has 0 aliphatic heterocycles. The van der Waals surface area contributed by atoms with E-state index in [4.69, 9.17) is 0 Å². The van der Waals surface area contributed by atoms with Crippen molar-refractivity contribution < 1.29 is 25.2 Å². The minimum atomic E-state index is -1.12. The van der Waals surface area contributed by atoms with Gasteiger partial charge in [-0.3, -0.25) is 4.79 Å². The van der Waals surface area contributed by atoms with Crippen molar-refractivity contribution in [2.45, 2.75) is 130 Å². The zero-order chi connectivity index (χ0) is 26.0. The minimum Gasteiger partial charge on any atom is -0.481 e.